The maximum atomic E-state index is 12.6. The summed E-state index contributed by atoms with van der Waals surface area (Å²) < 4.78 is 13.1. The summed E-state index contributed by atoms with van der Waals surface area (Å²) in [6, 6.07) is 11.0. The van der Waals surface area contributed by atoms with Crippen LogP contribution in [0.2, 0.25) is 5.02 Å². The predicted octanol–water partition coefficient (Wildman–Crippen LogP) is 4.92. The van der Waals surface area contributed by atoms with Gasteiger partial charge in [-0.15, -0.1) is 11.3 Å². The van der Waals surface area contributed by atoms with Crippen LogP contribution >= 0.6 is 22.9 Å². The Morgan fingerprint density at radius 2 is 2.10 bits per heavy atom. The molecule has 1 atom stereocenters. The summed E-state index contributed by atoms with van der Waals surface area (Å²) >= 11 is 7.46. The van der Waals surface area contributed by atoms with Crippen LogP contribution in [-0.4, -0.2) is 32.1 Å². The lowest BCUT2D eigenvalue weighted by atomic mass is 10.1. The van der Waals surface area contributed by atoms with E-state index in [2.05, 4.69) is 9.97 Å². The molecule has 4 rings (SSSR count). The standard InChI is InChI=1S/C22H20ClN3O4S/c1-3-29-22(28)19-20(30-13(2)15-6-4-5-7-16(15)23)25-21(31-19)17-10-24-18-9-8-14(12-27)11-26(17)18/h4-11,13,27H,3,12H2,1-2H3/t13-/m1/s1. The van der Waals surface area contributed by atoms with Gasteiger partial charge in [0.25, 0.3) is 0 Å². The number of thiazole rings is 1. The van der Waals surface area contributed by atoms with Crippen molar-refractivity contribution in [3.63, 3.8) is 0 Å². The van der Waals surface area contributed by atoms with E-state index in [-0.39, 0.29) is 24.0 Å². The van der Waals surface area contributed by atoms with Crippen LogP contribution in [0.15, 0.2) is 48.8 Å². The summed E-state index contributed by atoms with van der Waals surface area (Å²) in [7, 11) is 0. The van der Waals surface area contributed by atoms with E-state index < -0.39 is 12.1 Å². The summed E-state index contributed by atoms with van der Waals surface area (Å²) in [4.78, 5) is 21.8. The van der Waals surface area contributed by atoms with Crippen LogP contribution in [0.5, 0.6) is 5.88 Å². The Morgan fingerprint density at radius 1 is 1.29 bits per heavy atom. The van der Waals surface area contributed by atoms with E-state index in [0.29, 0.717) is 21.4 Å². The number of hydrogen-bond acceptors (Lipinski definition) is 7. The van der Waals surface area contributed by atoms with Crippen molar-refractivity contribution in [1.82, 2.24) is 14.4 Å². The normalized spacial score (nSPS) is 12.1. The monoisotopic (exact) mass is 457 g/mol. The van der Waals surface area contributed by atoms with Gasteiger partial charge in [0, 0.05) is 16.8 Å². The highest BCUT2D eigenvalue weighted by Crippen LogP contribution is 2.36. The molecule has 0 saturated carbocycles. The molecule has 0 radical (unpaired) electrons. The minimum Gasteiger partial charge on any atom is -0.468 e. The van der Waals surface area contributed by atoms with Crippen LogP contribution in [0.4, 0.5) is 0 Å². The molecule has 160 valence electrons. The van der Waals surface area contributed by atoms with Gasteiger partial charge in [-0.2, -0.15) is 4.98 Å². The number of aliphatic hydroxyl groups excluding tert-OH is 1. The molecule has 0 spiro atoms. The summed E-state index contributed by atoms with van der Waals surface area (Å²) in [6.07, 6.45) is 3.03. The van der Waals surface area contributed by atoms with Crippen molar-refractivity contribution in [1.29, 1.82) is 0 Å². The number of ether oxygens (including phenoxy) is 2. The van der Waals surface area contributed by atoms with Gasteiger partial charge in [0.05, 0.1) is 19.4 Å². The van der Waals surface area contributed by atoms with Crippen LogP contribution in [-0.2, 0) is 11.3 Å². The Kier molecular flexibility index (Phi) is 6.22. The SMILES string of the molecule is CCOC(=O)c1sc(-c2cnc3ccc(CO)cn23)nc1O[C@H](C)c1ccccc1Cl. The van der Waals surface area contributed by atoms with Crippen molar-refractivity contribution in [2.45, 2.75) is 26.6 Å². The molecule has 9 heteroatoms. The summed E-state index contributed by atoms with van der Waals surface area (Å²) in [5.74, 6) is -0.323. The molecule has 31 heavy (non-hydrogen) atoms. The number of pyridine rings is 1. The average molecular weight is 458 g/mol. The molecule has 7 nitrogen and oxygen atoms in total. The Hall–Kier alpha value is -2.94. The molecule has 3 heterocycles. The van der Waals surface area contributed by atoms with Gasteiger partial charge in [0.1, 0.15) is 22.5 Å². The highest BCUT2D eigenvalue weighted by atomic mass is 35.5. The van der Waals surface area contributed by atoms with Gasteiger partial charge in [-0.1, -0.05) is 35.9 Å². The first-order valence-electron chi connectivity index (χ1n) is 9.68. The van der Waals surface area contributed by atoms with Crippen LogP contribution in [0.1, 0.15) is 40.8 Å². The fraction of sp³-hybridized carbons (Fsp3) is 0.227. The first kappa shape index (κ1) is 21.3. The number of imidazole rings is 1. The van der Waals surface area contributed by atoms with Crippen LogP contribution in [0, 0.1) is 0 Å². The van der Waals surface area contributed by atoms with E-state index in [0.717, 1.165) is 11.1 Å². The Morgan fingerprint density at radius 3 is 2.84 bits per heavy atom. The first-order chi connectivity index (χ1) is 15.0. The fourth-order valence-corrected chi connectivity index (χ4v) is 4.32. The largest absolute Gasteiger partial charge is 0.468 e. The quantitative estimate of drug-likeness (QED) is 0.396. The summed E-state index contributed by atoms with van der Waals surface area (Å²) in [6.45, 7) is 3.73. The number of rotatable bonds is 7. The summed E-state index contributed by atoms with van der Waals surface area (Å²) in [5.41, 5.74) is 2.90. The van der Waals surface area contributed by atoms with Gasteiger partial charge in [-0.05, 0) is 31.5 Å². The highest BCUT2D eigenvalue weighted by molar-refractivity contribution is 7.17. The third kappa shape index (κ3) is 4.27. The van der Waals surface area contributed by atoms with E-state index in [9.17, 15) is 9.90 Å². The van der Waals surface area contributed by atoms with E-state index in [4.69, 9.17) is 21.1 Å². The predicted molar refractivity (Wildman–Crippen MR) is 119 cm³/mol. The van der Waals surface area contributed by atoms with Gasteiger partial charge in [-0.3, -0.25) is 4.40 Å². The Bertz CT molecular complexity index is 1240. The van der Waals surface area contributed by atoms with Crippen molar-refractivity contribution >= 4 is 34.6 Å². The molecule has 0 unspecified atom stereocenters. The molecule has 0 fully saturated rings. The lowest BCUT2D eigenvalue weighted by molar-refractivity contribution is 0.0525. The fourth-order valence-electron chi connectivity index (χ4n) is 3.13. The van der Waals surface area contributed by atoms with Crippen molar-refractivity contribution in [3.05, 3.63) is 69.8 Å². The minimum absolute atomic E-state index is 0.0940. The van der Waals surface area contributed by atoms with Gasteiger partial charge in [0.15, 0.2) is 4.88 Å². The highest BCUT2D eigenvalue weighted by Gasteiger charge is 2.25. The number of hydrogen-bond donors (Lipinski definition) is 1. The average Bonchev–Trinajstić information content (AvgIpc) is 3.37. The smallest absolute Gasteiger partial charge is 0.354 e. The van der Waals surface area contributed by atoms with Crippen LogP contribution < -0.4 is 4.74 Å². The Labute approximate surface area is 187 Å². The number of nitrogens with zero attached hydrogens (tertiary/aromatic N) is 3. The second kappa shape index (κ2) is 9.05. The molecule has 0 aliphatic carbocycles. The number of aromatic nitrogens is 3. The third-order valence-electron chi connectivity index (χ3n) is 4.66. The molecule has 0 amide bonds. The molecule has 0 aliphatic rings. The van der Waals surface area contributed by atoms with E-state index in [1.54, 1.807) is 31.5 Å². The zero-order valence-electron chi connectivity index (χ0n) is 16.9. The zero-order chi connectivity index (χ0) is 22.0. The van der Waals surface area contributed by atoms with Gasteiger partial charge in [-0.25, -0.2) is 9.78 Å². The third-order valence-corrected chi connectivity index (χ3v) is 6.04. The molecule has 0 saturated heterocycles. The maximum absolute atomic E-state index is 12.6. The maximum Gasteiger partial charge on any atom is 0.354 e. The van der Waals surface area contributed by atoms with Gasteiger partial charge in [0.2, 0.25) is 5.88 Å². The molecule has 0 bridgehead atoms. The van der Waals surface area contributed by atoms with Crippen molar-refractivity contribution in [3.8, 4) is 16.6 Å². The first-order valence-corrected chi connectivity index (χ1v) is 10.9. The lowest BCUT2D eigenvalue weighted by Crippen LogP contribution is -2.09. The molecular weight excluding hydrogens is 438 g/mol. The number of carbonyl (C=O) groups is 1. The number of aliphatic hydroxyl groups is 1. The van der Waals surface area contributed by atoms with Crippen LogP contribution in [0.25, 0.3) is 16.3 Å². The molecule has 1 N–H and O–H groups in total. The molecular formula is C22H20ClN3O4S. The number of benzene rings is 1. The topological polar surface area (TPSA) is 86.0 Å². The summed E-state index contributed by atoms with van der Waals surface area (Å²) in [5, 5.41) is 10.6. The van der Waals surface area contributed by atoms with Gasteiger partial charge < -0.3 is 14.6 Å². The van der Waals surface area contributed by atoms with Crippen molar-refractivity contribution < 1.29 is 19.4 Å². The Balaban J connectivity index is 1.76. The molecule has 3 aromatic heterocycles. The number of carbonyl (C=O) groups excluding carboxylic acids is 1. The van der Waals surface area contributed by atoms with Gasteiger partial charge >= 0.3 is 5.97 Å². The van der Waals surface area contributed by atoms with Crippen LogP contribution in [0.3, 0.4) is 0 Å². The number of halogens is 1. The van der Waals surface area contributed by atoms with E-state index in [1.807, 2.05) is 35.6 Å². The second-order valence-corrected chi connectivity index (χ2v) is 8.13. The number of esters is 1. The van der Waals surface area contributed by atoms with E-state index in [1.165, 1.54) is 11.3 Å². The minimum atomic E-state index is -0.502. The molecule has 0 aliphatic heterocycles. The lowest BCUT2D eigenvalue weighted by Gasteiger charge is -2.15. The van der Waals surface area contributed by atoms with Crippen molar-refractivity contribution in [2.24, 2.45) is 0 Å². The molecule has 4 aromatic rings. The van der Waals surface area contributed by atoms with Crippen molar-refractivity contribution in [2.75, 3.05) is 6.61 Å². The number of fused-ring (bicyclic) bond motifs is 1. The zero-order valence-corrected chi connectivity index (χ0v) is 18.5. The second-order valence-electron chi connectivity index (χ2n) is 6.72. The molecule has 1 aromatic carbocycles. The van der Waals surface area contributed by atoms with E-state index >= 15 is 0 Å².